The second-order valence-electron chi connectivity index (χ2n) is 7.54. The molecule has 0 aromatic heterocycles. The molecule has 0 unspecified atom stereocenters. The molecule has 3 aromatic carbocycles. The fraction of sp³-hybridized carbons (Fsp3) is 0.240. The summed E-state index contributed by atoms with van der Waals surface area (Å²) in [6, 6.07) is 20.7. The zero-order valence-corrected chi connectivity index (χ0v) is 19.8. The van der Waals surface area contributed by atoms with E-state index in [0.717, 1.165) is 15.4 Å². The summed E-state index contributed by atoms with van der Waals surface area (Å²) in [7, 11) is -2.43. The molecule has 1 amide bonds. The third-order valence-electron chi connectivity index (χ3n) is 4.94. The summed E-state index contributed by atoms with van der Waals surface area (Å²) < 4.78 is 38.6. The van der Waals surface area contributed by atoms with E-state index >= 15 is 0 Å². The highest BCUT2D eigenvalue weighted by atomic mass is 32.2. The average molecular weight is 469 g/mol. The number of methoxy groups -OCH3 is 1. The standard InChI is InChI=1S/C25H28N2O5S/c1-19-7-13-24(14-8-19)33(29,30)27(21-9-11-22(31-3)12-10-21)18-25(28)26-15-16-32-23-6-4-5-20(2)17-23/h4-14,17H,15-16,18H2,1-3H3,(H,26,28). The van der Waals surface area contributed by atoms with Gasteiger partial charge in [0.1, 0.15) is 24.7 Å². The summed E-state index contributed by atoms with van der Waals surface area (Å²) >= 11 is 0. The van der Waals surface area contributed by atoms with Crippen LogP contribution in [0.5, 0.6) is 11.5 Å². The van der Waals surface area contributed by atoms with Gasteiger partial charge in [0, 0.05) is 0 Å². The van der Waals surface area contributed by atoms with Crippen LogP contribution in [0.15, 0.2) is 77.7 Å². The van der Waals surface area contributed by atoms with Gasteiger partial charge >= 0.3 is 0 Å². The molecule has 0 fully saturated rings. The number of sulfonamides is 1. The molecule has 0 aliphatic rings. The van der Waals surface area contributed by atoms with Gasteiger partial charge in [0.05, 0.1) is 24.2 Å². The van der Waals surface area contributed by atoms with Gasteiger partial charge in [-0.3, -0.25) is 9.10 Å². The van der Waals surface area contributed by atoms with Gasteiger partial charge in [-0.1, -0.05) is 29.8 Å². The van der Waals surface area contributed by atoms with Gasteiger partial charge in [-0.25, -0.2) is 8.42 Å². The molecule has 0 heterocycles. The molecular formula is C25H28N2O5S. The molecule has 0 saturated carbocycles. The Kier molecular flexibility index (Phi) is 7.95. The van der Waals surface area contributed by atoms with Crippen molar-refractivity contribution in [3.63, 3.8) is 0 Å². The number of nitrogens with zero attached hydrogens (tertiary/aromatic N) is 1. The number of nitrogens with one attached hydrogen (secondary N) is 1. The lowest BCUT2D eigenvalue weighted by Crippen LogP contribution is -2.41. The van der Waals surface area contributed by atoms with Crippen LogP contribution in [0.2, 0.25) is 0 Å². The van der Waals surface area contributed by atoms with Gasteiger partial charge < -0.3 is 14.8 Å². The molecule has 3 aromatic rings. The maximum absolute atomic E-state index is 13.4. The van der Waals surface area contributed by atoms with Gasteiger partial charge in [0.2, 0.25) is 5.91 Å². The quantitative estimate of drug-likeness (QED) is 0.459. The van der Waals surface area contributed by atoms with E-state index in [-0.39, 0.29) is 24.6 Å². The minimum atomic E-state index is -3.96. The predicted molar refractivity (Wildman–Crippen MR) is 128 cm³/mol. The third-order valence-corrected chi connectivity index (χ3v) is 6.73. The molecule has 7 nitrogen and oxygen atoms in total. The monoisotopic (exact) mass is 468 g/mol. The lowest BCUT2D eigenvalue weighted by molar-refractivity contribution is -0.119. The maximum atomic E-state index is 13.4. The van der Waals surface area contributed by atoms with Gasteiger partial charge in [0.25, 0.3) is 10.0 Å². The van der Waals surface area contributed by atoms with Crippen molar-refractivity contribution in [1.82, 2.24) is 5.32 Å². The van der Waals surface area contributed by atoms with Crippen molar-refractivity contribution in [3.05, 3.63) is 83.9 Å². The van der Waals surface area contributed by atoms with Crippen molar-refractivity contribution in [1.29, 1.82) is 0 Å². The maximum Gasteiger partial charge on any atom is 0.264 e. The van der Waals surface area contributed by atoms with E-state index in [1.54, 1.807) is 36.4 Å². The largest absolute Gasteiger partial charge is 0.497 e. The smallest absolute Gasteiger partial charge is 0.264 e. The van der Waals surface area contributed by atoms with E-state index in [2.05, 4.69) is 5.32 Å². The van der Waals surface area contributed by atoms with Crippen LogP contribution in [-0.4, -0.2) is 41.1 Å². The first-order valence-electron chi connectivity index (χ1n) is 10.5. The summed E-state index contributed by atoms with van der Waals surface area (Å²) in [5, 5.41) is 2.73. The molecule has 1 N–H and O–H groups in total. The van der Waals surface area contributed by atoms with Crippen molar-refractivity contribution >= 4 is 21.6 Å². The minimum Gasteiger partial charge on any atom is -0.497 e. The van der Waals surface area contributed by atoms with Crippen LogP contribution in [0.1, 0.15) is 11.1 Å². The van der Waals surface area contributed by atoms with Crippen LogP contribution in [0.3, 0.4) is 0 Å². The average Bonchev–Trinajstić information content (AvgIpc) is 2.81. The second-order valence-corrected chi connectivity index (χ2v) is 9.40. The Balaban J connectivity index is 1.72. The SMILES string of the molecule is COc1ccc(N(CC(=O)NCCOc2cccc(C)c2)S(=O)(=O)c2ccc(C)cc2)cc1. The Morgan fingerprint density at radius 3 is 2.24 bits per heavy atom. The molecule has 0 spiro atoms. The molecule has 0 saturated heterocycles. The van der Waals surface area contributed by atoms with E-state index in [0.29, 0.717) is 17.2 Å². The molecule has 0 aliphatic heterocycles. The fourth-order valence-electron chi connectivity index (χ4n) is 3.15. The lowest BCUT2D eigenvalue weighted by Gasteiger charge is -2.24. The predicted octanol–water partition coefficient (Wildman–Crippen LogP) is 3.70. The van der Waals surface area contributed by atoms with Gasteiger partial charge in [-0.2, -0.15) is 0 Å². The number of anilines is 1. The topological polar surface area (TPSA) is 84.9 Å². The minimum absolute atomic E-state index is 0.111. The first-order chi connectivity index (χ1) is 15.8. The van der Waals surface area contributed by atoms with Crippen molar-refractivity contribution < 1.29 is 22.7 Å². The molecule has 0 bridgehead atoms. The lowest BCUT2D eigenvalue weighted by atomic mass is 10.2. The van der Waals surface area contributed by atoms with E-state index in [9.17, 15) is 13.2 Å². The number of ether oxygens (including phenoxy) is 2. The zero-order chi connectivity index (χ0) is 23.8. The van der Waals surface area contributed by atoms with Crippen molar-refractivity contribution in [2.45, 2.75) is 18.7 Å². The number of amides is 1. The van der Waals surface area contributed by atoms with Gasteiger partial charge in [-0.15, -0.1) is 0 Å². The first-order valence-corrected chi connectivity index (χ1v) is 11.9. The molecule has 0 aliphatic carbocycles. The Morgan fingerprint density at radius 1 is 0.909 bits per heavy atom. The Hall–Kier alpha value is -3.52. The highest BCUT2D eigenvalue weighted by molar-refractivity contribution is 7.92. The number of hydrogen-bond donors (Lipinski definition) is 1. The van der Waals surface area contributed by atoms with E-state index in [4.69, 9.17) is 9.47 Å². The summed E-state index contributed by atoms with van der Waals surface area (Å²) in [6.45, 7) is 3.99. The molecule has 8 heteroatoms. The van der Waals surface area contributed by atoms with Crippen LogP contribution in [0, 0.1) is 13.8 Å². The van der Waals surface area contributed by atoms with Crippen molar-refractivity contribution in [2.24, 2.45) is 0 Å². The van der Waals surface area contributed by atoms with Crippen LogP contribution in [0.25, 0.3) is 0 Å². The normalized spacial score (nSPS) is 11.0. The van der Waals surface area contributed by atoms with Crippen LogP contribution < -0.4 is 19.1 Å². The molecule has 0 radical (unpaired) electrons. The van der Waals surface area contributed by atoms with Crippen LogP contribution in [0.4, 0.5) is 5.69 Å². The third kappa shape index (κ3) is 6.49. The Bertz CT molecular complexity index is 1180. The molecule has 174 valence electrons. The second kappa shape index (κ2) is 10.9. The molecule has 0 atom stereocenters. The first kappa shape index (κ1) is 24.1. The Labute approximate surface area is 195 Å². The van der Waals surface area contributed by atoms with Crippen LogP contribution >= 0.6 is 0 Å². The van der Waals surface area contributed by atoms with Crippen molar-refractivity contribution in [3.8, 4) is 11.5 Å². The molecule has 3 rings (SSSR count). The number of carbonyl (C=O) groups is 1. The van der Waals surface area contributed by atoms with E-state index < -0.39 is 15.9 Å². The number of carbonyl (C=O) groups excluding carboxylic acids is 1. The number of hydrogen-bond acceptors (Lipinski definition) is 5. The number of benzene rings is 3. The Morgan fingerprint density at radius 2 is 1.61 bits per heavy atom. The number of rotatable bonds is 10. The molecular weight excluding hydrogens is 440 g/mol. The highest BCUT2D eigenvalue weighted by Gasteiger charge is 2.27. The van der Waals surface area contributed by atoms with Gasteiger partial charge in [-0.05, 0) is 67.9 Å². The summed E-state index contributed by atoms with van der Waals surface area (Å²) in [5.74, 6) is 0.865. The van der Waals surface area contributed by atoms with E-state index in [1.165, 1.54) is 19.2 Å². The highest BCUT2D eigenvalue weighted by Crippen LogP contribution is 2.26. The summed E-state index contributed by atoms with van der Waals surface area (Å²) in [4.78, 5) is 12.8. The van der Waals surface area contributed by atoms with Crippen LogP contribution in [-0.2, 0) is 14.8 Å². The molecule has 33 heavy (non-hydrogen) atoms. The van der Waals surface area contributed by atoms with Crippen molar-refractivity contribution in [2.75, 3.05) is 31.1 Å². The summed E-state index contributed by atoms with van der Waals surface area (Å²) in [6.07, 6.45) is 0. The number of aryl methyl sites for hydroxylation is 2. The summed E-state index contributed by atoms with van der Waals surface area (Å²) in [5.41, 5.74) is 2.38. The zero-order valence-electron chi connectivity index (χ0n) is 18.9. The van der Waals surface area contributed by atoms with E-state index in [1.807, 2.05) is 38.1 Å². The van der Waals surface area contributed by atoms with Gasteiger partial charge in [0.15, 0.2) is 0 Å². The fourth-order valence-corrected chi connectivity index (χ4v) is 4.57.